The summed E-state index contributed by atoms with van der Waals surface area (Å²) in [4.78, 5) is 9.32. The fraction of sp³-hybridized carbons (Fsp3) is 0.364. The molecule has 0 radical (unpaired) electrons. The Labute approximate surface area is 188 Å². The third kappa shape index (κ3) is 4.36. The molecule has 1 fully saturated rings. The fourth-order valence-corrected chi connectivity index (χ4v) is 4.01. The number of nitrogens with one attached hydrogen (secondary N) is 3. The summed E-state index contributed by atoms with van der Waals surface area (Å²) in [7, 11) is 0. The first-order chi connectivity index (χ1) is 16.0. The highest BCUT2D eigenvalue weighted by Crippen LogP contribution is 2.30. The van der Waals surface area contributed by atoms with E-state index in [2.05, 4.69) is 30.9 Å². The molecule has 0 unspecified atom stereocenters. The number of rotatable bonds is 6. The van der Waals surface area contributed by atoms with Crippen LogP contribution < -0.4 is 10.6 Å². The van der Waals surface area contributed by atoms with Crippen LogP contribution in [0.3, 0.4) is 0 Å². The number of hydrogen-bond acceptors (Lipinski definition) is 7. The maximum atomic E-state index is 14.3. The van der Waals surface area contributed by atoms with E-state index in [4.69, 9.17) is 9.72 Å². The van der Waals surface area contributed by atoms with Crippen LogP contribution >= 0.6 is 0 Å². The lowest BCUT2D eigenvalue weighted by Crippen LogP contribution is -2.21. The van der Waals surface area contributed by atoms with Crippen LogP contribution in [0.4, 0.5) is 26.4 Å². The molecule has 0 saturated carbocycles. The zero-order chi connectivity index (χ0) is 22.9. The van der Waals surface area contributed by atoms with E-state index < -0.39 is 17.7 Å². The molecule has 5 rings (SSSR count). The van der Waals surface area contributed by atoms with E-state index in [0.717, 1.165) is 30.0 Å². The molecule has 4 heterocycles. The van der Waals surface area contributed by atoms with Crippen LogP contribution in [0.25, 0.3) is 11.0 Å². The molecule has 3 N–H and O–H groups in total. The summed E-state index contributed by atoms with van der Waals surface area (Å²) in [5, 5.41) is 18.8. The number of aromatic amines is 1. The lowest BCUT2D eigenvalue weighted by molar-refractivity contribution is 0.0673. The second kappa shape index (κ2) is 8.74. The van der Waals surface area contributed by atoms with Crippen molar-refractivity contribution < 1.29 is 13.5 Å². The minimum absolute atomic E-state index is 0.159. The number of ether oxygens (including phenoxy) is 1. The second-order valence-electron chi connectivity index (χ2n) is 8.16. The maximum Gasteiger partial charge on any atom is 0.227 e. The third-order valence-corrected chi connectivity index (χ3v) is 5.72. The summed E-state index contributed by atoms with van der Waals surface area (Å²) in [5.74, 6) is 0.173. The van der Waals surface area contributed by atoms with Gasteiger partial charge in [0.25, 0.3) is 0 Å². The molecular weight excluding hydrogens is 430 g/mol. The number of halogens is 2. The fourth-order valence-electron chi connectivity index (χ4n) is 4.01. The van der Waals surface area contributed by atoms with Crippen LogP contribution in [-0.2, 0) is 4.74 Å². The van der Waals surface area contributed by atoms with Crippen molar-refractivity contribution in [1.29, 1.82) is 0 Å². The number of aromatic nitrogens is 6. The lowest BCUT2D eigenvalue weighted by atomic mass is 10.1. The summed E-state index contributed by atoms with van der Waals surface area (Å²) in [6, 6.07) is 5.03. The minimum Gasteiger partial charge on any atom is -0.381 e. The first-order valence-corrected chi connectivity index (χ1v) is 10.8. The van der Waals surface area contributed by atoms with Gasteiger partial charge in [0, 0.05) is 36.6 Å². The first-order valence-electron chi connectivity index (χ1n) is 10.8. The van der Waals surface area contributed by atoms with Crippen LogP contribution in [0.2, 0.25) is 0 Å². The quantitative estimate of drug-likeness (QED) is 0.396. The van der Waals surface area contributed by atoms with Gasteiger partial charge in [0.05, 0.1) is 23.7 Å². The molecule has 1 saturated heterocycles. The molecule has 3 aromatic heterocycles. The predicted molar refractivity (Wildman–Crippen MR) is 119 cm³/mol. The van der Waals surface area contributed by atoms with Gasteiger partial charge in [-0.25, -0.2) is 13.5 Å². The Hall–Kier alpha value is -3.60. The smallest absolute Gasteiger partial charge is 0.227 e. The molecule has 1 aliphatic heterocycles. The van der Waals surface area contributed by atoms with Crippen molar-refractivity contribution in [2.24, 2.45) is 0 Å². The van der Waals surface area contributed by atoms with Gasteiger partial charge in [0.1, 0.15) is 17.5 Å². The summed E-state index contributed by atoms with van der Waals surface area (Å²) in [5.41, 5.74) is 1.87. The summed E-state index contributed by atoms with van der Waals surface area (Å²) in [6.45, 7) is 5.01. The number of nitrogens with zero attached hydrogens (tertiary/aromatic N) is 5. The van der Waals surface area contributed by atoms with Gasteiger partial charge in [0.2, 0.25) is 5.95 Å². The van der Waals surface area contributed by atoms with E-state index in [1.807, 2.05) is 17.7 Å². The van der Waals surface area contributed by atoms with E-state index in [9.17, 15) is 8.78 Å². The Morgan fingerprint density at radius 2 is 2.00 bits per heavy atom. The maximum absolute atomic E-state index is 14.3. The Bertz CT molecular complexity index is 1280. The van der Waals surface area contributed by atoms with Gasteiger partial charge in [0.15, 0.2) is 11.5 Å². The van der Waals surface area contributed by atoms with E-state index in [0.29, 0.717) is 42.0 Å². The van der Waals surface area contributed by atoms with E-state index in [1.54, 1.807) is 13.1 Å². The van der Waals surface area contributed by atoms with Crippen molar-refractivity contribution in [2.75, 3.05) is 23.8 Å². The van der Waals surface area contributed by atoms with Gasteiger partial charge in [-0.1, -0.05) is 6.07 Å². The standard InChI is InChI=1S/C22H24F2N8O/c1-12-9-19(31-30-12)27-20-17-11-25-32(15-5-7-33-8-6-15)21(17)29-22(28-20)26-13(2)16-4-3-14(23)10-18(16)24/h3-4,9-11,13,15H,5-8H2,1-2H3,(H3,26,27,28,29,30,31)/t13-/m0/s1. The van der Waals surface area contributed by atoms with E-state index in [1.165, 1.54) is 12.1 Å². The molecule has 0 amide bonds. The Morgan fingerprint density at radius 3 is 2.73 bits per heavy atom. The van der Waals surface area contributed by atoms with Crippen molar-refractivity contribution in [3.05, 3.63) is 53.4 Å². The molecule has 4 aromatic rings. The van der Waals surface area contributed by atoms with Crippen LogP contribution in [0.5, 0.6) is 0 Å². The van der Waals surface area contributed by atoms with Crippen LogP contribution in [-0.4, -0.2) is 43.2 Å². The van der Waals surface area contributed by atoms with E-state index in [-0.39, 0.29) is 6.04 Å². The van der Waals surface area contributed by atoms with Crippen LogP contribution in [0.1, 0.15) is 43.1 Å². The monoisotopic (exact) mass is 454 g/mol. The second-order valence-corrected chi connectivity index (χ2v) is 8.16. The topological polar surface area (TPSA) is 106 Å². The predicted octanol–water partition coefficient (Wildman–Crippen LogP) is 4.40. The van der Waals surface area contributed by atoms with Crippen molar-refractivity contribution in [2.45, 2.75) is 38.8 Å². The van der Waals surface area contributed by atoms with E-state index >= 15 is 0 Å². The summed E-state index contributed by atoms with van der Waals surface area (Å²) >= 11 is 0. The van der Waals surface area contributed by atoms with Gasteiger partial charge >= 0.3 is 0 Å². The zero-order valence-electron chi connectivity index (χ0n) is 18.3. The molecule has 1 atom stereocenters. The highest BCUT2D eigenvalue weighted by atomic mass is 19.1. The molecule has 9 nitrogen and oxygen atoms in total. The van der Waals surface area contributed by atoms with Crippen molar-refractivity contribution >= 4 is 28.6 Å². The molecule has 0 bridgehead atoms. The lowest BCUT2D eigenvalue weighted by Gasteiger charge is -2.23. The third-order valence-electron chi connectivity index (χ3n) is 5.72. The molecule has 172 valence electrons. The molecule has 1 aromatic carbocycles. The van der Waals surface area contributed by atoms with Gasteiger partial charge in [-0.2, -0.15) is 20.2 Å². The molecule has 0 spiro atoms. The number of fused-ring (bicyclic) bond motifs is 1. The number of hydrogen-bond donors (Lipinski definition) is 3. The van der Waals surface area contributed by atoms with Crippen LogP contribution in [0.15, 0.2) is 30.5 Å². The highest BCUT2D eigenvalue weighted by molar-refractivity contribution is 5.89. The largest absolute Gasteiger partial charge is 0.381 e. The number of H-pyrrole nitrogens is 1. The van der Waals surface area contributed by atoms with Gasteiger partial charge in [-0.15, -0.1) is 0 Å². The number of anilines is 3. The normalized spacial score (nSPS) is 15.6. The minimum atomic E-state index is -0.631. The van der Waals surface area contributed by atoms with Gasteiger partial charge in [-0.3, -0.25) is 5.10 Å². The van der Waals surface area contributed by atoms with Crippen molar-refractivity contribution in [3.63, 3.8) is 0 Å². The molecule has 11 heteroatoms. The SMILES string of the molecule is Cc1cc(Nc2nc(N[C@@H](C)c3ccc(F)cc3F)nc3c2cnn3C2CCOCC2)n[nH]1. The summed E-state index contributed by atoms with van der Waals surface area (Å²) in [6.07, 6.45) is 3.41. The Kier molecular flexibility index (Phi) is 5.63. The first kappa shape index (κ1) is 21.3. The zero-order valence-corrected chi connectivity index (χ0v) is 18.3. The molecule has 33 heavy (non-hydrogen) atoms. The number of aryl methyl sites for hydroxylation is 1. The van der Waals surface area contributed by atoms with Crippen LogP contribution in [0, 0.1) is 18.6 Å². The van der Waals surface area contributed by atoms with Gasteiger partial charge < -0.3 is 15.4 Å². The summed E-state index contributed by atoms with van der Waals surface area (Å²) < 4.78 is 35.0. The molecule has 0 aliphatic carbocycles. The molecule has 1 aliphatic rings. The Morgan fingerprint density at radius 1 is 1.18 bits per heavy atom. The number of benzene rings is 1. The molecular formula is C22H24F2N8O. The van der Waals surface area contributed by atoms with Gasteiger partial charge in [-0.05, 0) is 32.8 Å². The van der Waals surface area contributed by atoms with Crippen molar-refractivity contribution in [3.8, 4) is 0 Å². The average Bonchev–Trinajstić information content (AvgIpc) is 3.40. The highest BCUT2D eigenvalue weighted by Gasteiger charge is 2.22. The average molecular weight is 454 g/mol. The van der Waals surface area contributed by atoms with Crippen molar-refractivity contribution in [1.82, 2.24) is 29.9 Å². The Balaban J connectivity index is 1.53.